The highest BCUT2D eigenvalue weighted by molar-refractivity contribution is 5.75. The lowest BCUT2D eigenvalue weighted by molar-refractivity contribution is -0.121. The molecule has 5 heteroatoms. The Morgan fingerprint density at radius 1 is 1.22 bits per heavy atom. The molecule has 1 aliphatic heterocycles. The number of hydrogen-bond donors (Lipinski definition) is 2. The lowest BCUT2D eigenvalue weighted by Gasteiger charge is -2.36. The van der Waals surface area contributed by atoms with Crippen molar-refractivity contribution in [2.24, 2.45) is 0 Å². The van der Waals surface area contributed by atoms with Crippen molar-refractivity contribution in [3.8, 4) is 0 Å². The van der Waals surface area contributed by atoms with Gasteiger partial charge in [-0.2, -0.15) is 0 Å². The van der Waals surface area contributed by atoms with Crippen LogP contribution in [0.5, 0.6) is 0 Å². The molecule has 0 saturated carbocycles. The molecule has 2 N–H and O–H groups in total. The summed E-state index contributed by atoms with van der Waals surface area (Å²) in [5.41, 5.74) is 1.30. The first-order valence-corrected chi connectivity index (χ1v) is 8.62. The number of piperazine rings is 1. The van der Waals surface area contributed by atoms with Crippen LogP contribution in [0.15, 0.2) is 30.3 Å². The topological polar surface area (TPSA) is 55.8 Å². The molecule has 1 atom stereocenters. The Hall–Kier alpha value is -1.59. The zero-order valence-corrected chi connectivity index (χ0v) is 14.1. The smallest absolute Gasteiger partial charge is 0.220 e. The summed E-state index contributed by atoms with van der Waals surface area (Å²) in [6.45, 7) is 7.48. The van der Waals surface area contributed by atoms with E-state index in [0.717, 1.165) is 39.1 Å². The summed E-state index contributed by atoms with van der Waals surface area (Å²) in [7, 11) is 0. The standard InChI is InChI=1S/C18H29N3O2/c1-16(22)9-10-19-18(23)8-5-11-20-12-14-21(15-13-20)17-6-3-2-4-7-17/h2-4,6-7,16,22H,5,8-15H2,1H3,(H,19,23). The molecule has 0 radical (unpaired) electrons. The number of aliphatic hydroxyl groups is 1. The molecule has 1 aromatic rings. The average molecular weight is 319 g/mol. The van der Waals surface area contributed by atoms with Gasteiger partial charge in [-0.1, -0.05) is 18.2 Å². The molecular formula is C18H29N3O2. The van der Waals surface area contributed by atoms with Gasteiger partial charge in [-0.15, -0.1) is 0 Å². The van der Waals surface area contributed by atoms with Gasteiger partial charge in [-0.05, 0) is 38.4 Å². The minimum absolute atomic E-state index is 0.0913. The number of carbonyl (C=O) groups is 1. The monoisotopic (exact) mass is 319 g/mol. The maximum Gasteiger partial charge on any atom is 0.220 e. The Kier molecular flexibility index (Phi) is 7.36. The van der Waals surface area contributed by atoms with Gasteiger partial charge >= 0.3 is 0 Å². The lowest BCUT2D eigenvalue weighted by atomic mass is 10.2. The molecule has 1 aromatic carbocycles. The Morgan fingerprint density at radius 2 is 1.91 bits per heavy atom. The second-order valence-electron chi connectivity index (χ2n) is 6.26. The number of hydrogen-bond acceptors (Lipinski definition) is 4. The van der Waals surface area contributed by atoms with Crippen LogP contribution in [0.25, 0.3) is 0 Å². The summed E-state index contributed by atoms with van der Waals surface area (Å²) in [4.78, 5) is 16.5. The molecule has 5 nitrogen and oxygen atoms in total. The first kappa shape index (κ1) is 17.8. The quantitative estimate of drug-likeness (QED) is 0.762. The molecule has 1 saturated heterocycles. The Balaban J connectivity index is 1.57. The number of aliphatic hydroxyl groups excluding tert-OH is 1. The number of nitrogens with zero attached hydrogens (tertiary/aromatic N) is 2. The van der Waals surface area contributed by atoms with Crippen LogP contribution in [0.4, 0.5) is 5.69 Å². The minimum atomic E-state index is -0.351. The fourth-order valence-corrected chi connectivity index (χ4v) is 2.84. The van der Waals surface area contributed by atoms with Crippen LogP contribution in [-0.2, 0) is 4.79 Å². The van der Waals surface area contributed by atoms with Gasteiger partial charge in [0.15, 0.2) is 0 Å². The highest BCUT2D eigenvalue weighted by Crippen LogP contribution is 2.15. The van der Waals surface area contributed by atoms with E-state index in [9.17, 15) is 4.79 Å². The molecule has 0 aliphatic carbocycles. The van der Waals surface area contributed by atoms with Crippen LogP contribution in [0.3, 0.4) is 0 Å². The number of rotatable bonds is 8. The third-order valence-electron chi connectivity index (χ3n) is 4.26. The summed E-state index contributed by atoms with van der Waals surface area (Å²) in [5.74, 6) is 0.0913. The summed E-state index contributed by atoms with van der Waals surface area (Å²) in [6, 6.07) is 10.5. The lowest BCUT2D eigenvalue weighted by Crippen LogP contribution is -2.46. The van der Waals surface area contributed by atoms with Crippen molar-refractivity contribution in [1.29, 1.82) is 0 Å². The predicted octanol–water partition coefficient (Wildman–Crippen LogP) is 1.48. The number of nitrogens with one attached hydrogen (secondary N) is 1. The van der Waals surface area contributed by atoms with Crippen molar-refractivity contribution in [3.63, 3.8) is 0 Å². The zero-order valence-electron chi connectivity index (χ0n) is 14.1. The normalized spacial score (nSPS) is 17.0. The van der Waals surface area contributed by atoms with Crippen molar-refractivity contribution < 1.29 is 9.90 Å². The summed E-state index contributed by atoms with van der Waals surface area (Å²) >= 11 is 0. The third-order valence-corrected chi connectivity index (χ3v) is 4.26. The van der Waals surface area contributed by atoms with E-state index in [-0.39, 0.29) is 12.0 Å². The average Bonchev–Trinajstić information content (AvgIpc) is 2.56. The largest absolute Gasteiger partial charge is 0.393 e. The van der Waals surface area contributed by atoms with E-state index in [4.69, 9.17) is 5.11 Å². The molecule has 2 rings (SSSR count). The molecule has 1 aliphatic rings. The summed E-state index contributed by atoms with van der Waals surface area (Å²) < 4.78 is 0. The van der Waals surface area contributed by atoms with E-state index in [1.807, 2.05) is 6.07 Å². The van der Waals surface area contributed by atoms with Crippen molar-refractivity contribution >= 4 is 11.6 Å². The number of amides is 1. The Morgan fingerprint density at radius 3 is 2.57 bits per heavy atom. The first-order chi connectivity index (χ1) is 11.1. The highest BCUT2D eigenvalue weighted by Gasteiger charge is 2.16. The number of carbonyl (C=O) groups excluding carboxylic acids is 1. The van der Waals surface area contributed by atoms with Gasteiger partial charge in [-0.3, -0.25) is 9.69 Å². The minimum Gasteiger partial charge on any atom is -0.393 e. The Labute approximate surface area is 139 Å². The van der Waals surface area contributed by atoms with Crippen molar-refractivity contribution in [3.05, 3.63) is 30.3 Å². The third kappa shape index (κ3) is 6.59. The molecule has 23 heavy (non-hydrogen) atoms. The number of anilines is 1. The van der Waals surface area contributed by atoms with Crippen molar-refractivity contribution in [2.45, 2.75) is 32.3 Å². The molecule has 1 unspecified atom stereocenters. The van der Waals surface area contributed by atoms with E-state index in [1.54, 1.807) is 6.92 Å². The molecule has 1 fully saturated rings. The second-order valence-corrected chi connectivity index (χ2v) is 6.26. The van der Waals surface area contributed by atoms with Gasteiger partial charge in [-0.25, -0.2) is 0 Å². The van der Waals surface area contributed by atoms with E-state index in [0.29, 0.717) is 19.4 Å². The molecule has 0 bridgehead atoms. The molecule has 1 amide bonds. The highest BCUT2D eigenvalue weighted by atomic mass is 16.3. The molecule has 1 heterocycles. The maximum atomic E-state index is 11.7. The molecular weight excluding hydrogens is 290 g/mol. The van der Waals surface area contributed by atoms with Gasteiger partial charge in [0, 0.05) is 44.8 Å². The summed E-state index contributed by atoms with van der Waals surface area (Å²) in [5, 5.41) is 12.0. The molecule has 0 spiro atoms. The number of benzene rings is 1. The fraction of sp³-hybridized carbons (Fsp3) is 0.611. The van der Waals surface area contributed by atoms with Gasteiger partial charge in [0.05, 0.1) is 6.10 Å². The molecule has 0 aromatic heterocycles. The molecule has 128 valence electrons. The fourth-order valence-electron chi connectivity index (χ4n) is 2.84. The maximum absolute atomic E-state index is 11.7. The van der Waals surface area contributed by atoms with E-state index in [2.05, 4.69) is 39.4 Å². The van der Waals surface area contributed by atoms with Crippen LogP contribution < -0.4 is 10.2 Å². The predicted molar refractivity (Wildman–Crippen MR) is 93.6 cm³/mol. The van der Waals surface area contributed by atoms with E-state index in [1.165, 1.54) is 5.69 Å². The van der Waals surface area contributed by atoms with Gasteiger partial charge in [0.2, 0.25) is 5.91 Å². The van der Waals surface area contributed by atoms with Gasteiger partial charge in [0.25, 0.3) is 0 Å². The van der Waals surface area contributed by atoms with E-state index < -0.39 is 0 Å². The van der Waals surface area contributed by atoms with Crippen LogP contribution in [0, 0.1) is 0 Å². The van der Waals surface area contributed by atoms with Crippen molar-refractivity contribution in [2.75, 3.05) is 44.2 Å². The van der Waals surface area contributed by atoms with Crippen LogP contribution >= 0.6 is 0 Å². The zero-order chi connectivity index (χ0) is 16.5. The summed E-state index contributed by atoms with van der Waals surface area (Å²) in [6.07, 6.45) is 1.73. The number of para-hydroxylation sites is 1. The first-order valence-electron chi connectivity index (χ1n) is 8.62. The van der Waals surface area contributed by atoms with Gasteiger partial charge in [0.1, 0.15) is 0 Å². The van der Waals surface area contributed by atoms with Crippen LogP contribution in [0.2, 0.25) is 0 Å². The van der Waals surface area contributed by atoms with Crippen LogP contribution in [0.1, 0.15) is 26.2 Å². The second kappa shape index (κ2) is 9.53. The van der Waals surface area contributed by atoms with E-state index >= 15 is 0 Å². The van der Waals surface area contributed by atoms with Crippen molar-refractivity contribution in [1.82, 2.24) is 10.2 Å². The van der Waals surface area contributed by atoms with Gasteiger partial charge < -0.3 is 15.3 Å². The Bertz CT molecular complexity index is 457. The SMILES string of the molecule is CC(O)CCNC(=O)CCCN1CCN(c2ccccc2)CC1. The van der Waals surface area contributed by atoms with Crippen LogP contribution in [-0.4, -0.2) is 61.3 Å².